The molecule has 17 heavy (non-hydrogen) atoms. The molecule has 5 nitrogen and oxygen atoms in total. The van der Waals surface area contributed by atoms with Crippen LogP contribution in [-0.2, 0) is 11.2 Å². The van der Waals surface area contributed by atoms with E-state index in [1.54, 1.807) is 6.33 Å². The Morgan fingerprint density at radius 3 is 2.71 bits per heavy atom. The molecule has 1 aromatic heterocycles. The number of rotatable bonds is 4. The van der Waals surface area contributed by atoms with Gasteiger partial charge in [0.2, 0.25) is 0 Å². The molecule has 1 aliphatic rings. The highest BCUT2D eigenvalue weighted by Crippen LogP contribution is 2.41. The summed E-state index contributed by atoms with van der Waals surface area (Å²) in [6, 6.07) is 0.271. The van der Waals surface area contributed by atoms with Gasteiger partial charge < -0.3 is 9.67 Å². The predicted molar refractivity (Wildman–Crippen MR) is 62.6 cm³/mol. The lowest BCUT2D eigenvalue weighted by molar-refractivity contribution is -0.148. The van der Waals surface area contributed by atoms with E-state index in [1.165, 1.54) is 0 Å². The van der Waals surface area contributed by atoms with Gasteiger partial charge in [-0.2, -0.15) is 0 Å². The second kappa shape index (κ2) is 4.47. The van der Waals surface area contributed by atoms with Crippen molar-refractivity contribution in [1.82, 2.24) is 14.8 Å². The summed E-state index contributed by atoms with van der Waals surface area (Å²) in [6.45, 7) is 4.10. The summed E-state index contributed by atoms with van der Waals surface area (Å²) >= 11 is 0. The van der Waals surface area contributed by atoms with Crippen LogP contribution in [0.4, 0.5) is 0 Å². The molecule has 0 amide bonds. The van der Waals surface area contributed by atoms with Gasteiger partial charge in [0.15, 0.2) is 0 Å². The highest BCUT2D eigenvalue weighted by Gasteiger charge is 2.42. The summed E-state index contributed by atoms with van der Waals surface area (Å²) in [5.41, 5.74) is -0.611. The standard InChI is InChI=1S/C12H19N3O2/c1-9(2)15-8-13-14-10(15)7-12(11(16)17)5-3-4-6-12/h8-9H,3-7H2,1-2H3,(H,16,17). The number of aromatic nitrogens is 3. The molecule has 1 heterocycles. The van der Waals surface area contributed by atoms with E-state index in [-0.39, 0.29) is 6.04 Å². The molecule has 1 N–H and O–H groups in total. The SMILES string of the molecule is CC(C)n1cnnc1CC1(C(=O)O)CCCC1. The molecule has 1 saturated carbocycles. The molecule has 2 rings (SSSR count). The molecule has 94 valence electrons. The van der Waals surface area contributed by atoms with Gasteiger partial charge in [0.25, 0.3) is 0 Å². The van der Waals surface area contributed by atoms with Crippen LogP contribution in [0.1, 0.15) is 51.4 Å². The normalized spacial score (nSPS) is 18.8. The maximum absolute atomic E-state index is 11.5. The molecule has 0 bridgehead atoms. The average molecular weight is 237 g/mol. The fraction of sp³-hybridized carbons (Fsp3) is 0.750. The highest BCUT2D eigenvalue weighted by atomic mass is 16.4. The fourth-order valence-corrected chi connectivity index (χ4v) is 2.65. The molecule has 1 aliphatic carbocycles. The quantitative estimate of drug-likeness (QED) is 0.870. The van der Waals surface area contributed by atoms with Gasteiger partial charge in [0.05, 0.1) is 5.41 Å². The van der Waals surface area contributed by atoms with E-state index in [0.29, 0.717) is 6.42 Å². The topological polar surface area (TPSA) is 68.0 Å². The zero-order valence-electron chi connectivity index (χ0n) is 10.4. The van der Waals surface area contributed by atoms with Gasteiger partial charge in [-0.1, -0.05) is 12.8 Å². The minimum atomic E-state index is -0.687. The number of carboxylic acids is 1. The third-order valence-corrected chi connectivity index (χ3v) is 3.71. The highest BCUT2D eigenvalue weighted by molar-refractivity contribution is 5.75. The van der Waals surface area contributed by atoms with Crippen molar-refractivity contribution in [2.45, 2.75) is 52.0 Å². The van der Waals surface area contributed by atoms with E-state index in [9.17, 15) is 9.90 Å². The van der Waals surface area contributed by atoms with Crippen molar-refractivity contribution < 1.29 is 9.90 Å². The van der Waals surface area contributed by atoms with Crippen molar-refractivity contribution >= 4 is 5.97 Å². The van der Waals surface area contributed by atoms with E-state index in [4.69, 9.17) is 0 Å². The summed E-state index contributed by atoms with van der Waals surface area (Å²) in [4.78, 5) is 11.5. The van der Waals surface area contributed by atoms with Crippen LogP contribution in [-0.4, -0.2) is 25.8 Å². The van der Waals surface area contributed by atoms with Crippen LogP contribution in [0.5, 0.6) is 0 Å². The van der Waals surface area contributed by atoms with Crippen molar-refractivity contribution in [1.29, 1.82) is 0 Å². The van der Waals surface area contributed by atoms with Gasteiger partial charge >= 0.3 is 5.97 Å². The van der Waals surface area contributed by atoms with Gasteiger partial charge in [-0.15, -0.1) is 10.2 Å². The van der Waals surface area contributed by atoms with Gasteiger partial charge in [-0.05, 0) is 26.7 Å². The van der Waals surface area contributed by atoms with Gasteiger partial charge in [0, 0.05) is 12.5 Å². The number of nitrogens with zero attached hydrogens (tertiary/aromatic N) is 3. The molecule has 0 aliphatic heterocycles. The van der Waals surface area contributed by atoms with Crippen LogP contribution in [0.15, 0.2) is 6.33 Å². The Hall–Kier alpha value is -1.39. The Labute approximate surface area is 101 Å². The van der Waals surface area contributed by atoms with E-state index in [2.05, 4.69) is 24.0 Å². The number of hydrogen-bond donors (Lipinski definition) is 1. The number of carboxylic acid groups (broad SMARTS) is 1. The first kappa shape index (κ1) is 12.1. The number of aliphatic carboxylic acids is 1. The minimum absolute atomic E-state index is 0.271. The molecule has 1 aromatic rings. The molecule has 0 atom stereocenters. The molecule has 0 radical (unpaired) electrons. The van der Waals surface area contributed by atoms with Gasteiger partial charge in [-0.3, -0.25) is 4.79 Å². The summed E-state index contributed by atoms with van der Waals surface area (Å²) in [6.07, 6.45) is 5.70. The molecular weight excluding hydrogens is 218 g/mol. The Balaban J connectivity index is 2.24. The van der Waals surface area contributed by atoms with Crippen LogP contribution in [0.25, 0.3) is 0 Å². The van der Waals surface area contributed by atoms with E-state index in [0.717, 1.165) is 31.5 Å². The van der Waals surface area contributed by atoms with Crippen LogP contribution in [0.3, 0.4) is 0 Å². The van der Waals surface area contributed by atoms with Crippen LogP contribution < -0.4 is 0 Å². The van der Waals surface area contributed by atoms with Gasteiger partial charge in [0.1, 0.15) is 12.2 Å². The maximum Gasteiger partial charge on any atom is 0.310 e. The zero-order valence-corrected chi connectivity index (χ0v) is 10.4. The van der Waals surface area contributed by atoms with Crippen LogP contribution >= 0.6 is 0 Å². The summed E-state index contributed by atoms with van der Waals surface area (Å²) in [5, 5.41) is 17.4. The Bertz CT molecular complexity index is 406. The minimum Gasteiger partial charge on any atom is -0.481 e. The van der Waals surface area contributed by atoms with Crippen LogP contribution in [0, 0.1) is 5.41 Å². The van der Waals surface area contributed by atoms with Gasteiger partial charge in [-0.25, -0.2) is 0 Å². The molecule has 0 aromatic carbocycles. The Morgan fingerprint density at radius 2 is 2.18 bits per heavy atom. The third-order valence-electron chi connectivity index (χ3n) is 3.71. The smallest absolute Gasteiger partial charge is 0.310 e. The van der Waals surface area contributed by atoms with Crippen LogP contribution in [0.2, 0.25) is 0 Å². The Morgan fingerprint density at radius 1 is 1.53 bits per heavy atom. The first-order valence-electron chi connectivity index (χ1n) is 6.17. The molecular formula is C12H19N3O2. The van der Waals surface area contributed by atoms with Crippen molar-refractivity contribution in [2.75, 3.05) is 0 Å². The Kier molecular flexibility index (Phi) is 3.17. The molecule has 0 unspecified atom stereocenters. The van der Waals surface area contributed by atoms with E-state index in [1.807, 2.05) is 4.57 Å². The fourth-order valence-electron chi connectivity index (χ4n) is 2.65. The summed E-state index contributed by atoms with van der Waals surface area (Å²) < 4.78 is 1.96. The predicted octanol–water partition coefficient (Wildman–Crippen LogP) is 2.05. The largest absolute Gasteiger partial charge is 0.481 e. The van der Waals surface area contributed by atoms with Crippen molar-refractivity contribution in [2.24, 2.45) is 5.41 Å². The lowest BCUT2D eigenvalue weighted by atomic mass is 9.82. The third kappa shape index (κ3) is 2.18. The first-order chi connectivity index (χ1) is 8.05. The second-order valence-electron chi connectivity index (χ2n) is 5.22. The molecule has 0 spiro atoms. The lowest BCUT2D eigenvalue weighted by Gasteiger charge is -2.23. The molecule has 1 fully saturated rings. The molecule has 0 saturated heterocycles. The van der Waals surface area contributed by atoms with Crippen molar-refractivity contribution in [3.63, 3.8) is 0 Å². The average Bonchev–Trinajstić information content (AvgIpc) is 2.87. The number of hydrogen-bond acceptors (Lipinski definition) is 3. The monoisotopic (exact) mass is 237 g/mol. The van der Waals surface area contributed by atoms with E-state index >= 15 is 0 Å². The zero-order chi connectivity index (χ0) is 12.5. The van der Waals surface area contributed by atoms with E-state index < -0.39 is 11.4 Å². The van der Waals surface area contributed by atoms with Crippen molar-refractivity contribution in [3.8, 4) is 0 Å². The lowest BCUT2D eigenvalue weighted by Crippen LogP contribution is -2.31. The maximum atomic E-state index is 11.5. The summed E-state index contributed by atoms with van der Waals surface area (Å²) in [5.74, 6) is 0.109. The second-order valence-corrected chi connectivity index (χ2v) is 5.22. The number of carbonyl (C=O) groups is 1. The summed E-state index contributed by atoms with van der Waals surface area (Å²) in [7, 11) is 0. The van der Waals surface area contributed by atoms with Crippen molar-refractivity contribution in [3.05, 3.63) is 12.2 Å². The molecule has 5 heteroatoms. The first-order valence-corrected chi connectivity index (χ1v) is 6.17.